The standard InChI is InChI=1S/C10H11ClN2O2S/c11-6-1-2-7(8(14)5-6)10(15)13-4-3-9(12)16/h1-2,5,14H,3-4H2,(H2,12,16)(H,13,15). The van der Waals surface area contributed by atoms with Gasteiger partial charge in [-0.15, -0.1) is 0 Å². The van der Waals surface area contributed by atoms with Crippen molar-refractivity contribution in [3.05, 3.63) is 28.8 Å². The summed E-state index contributed by atoms with van der Waals surface area (Å²) >= 11 is 10.3. The van der Waals surface area contributed by atoms with Crippen molar-refractivity contribution in [1.82, 2.24) is 5.32 Å². The molecule has 0 aliphatic rings. The zero-order valence-corrected chi connectivity index (χ0v) is 9.94. The van der Waals surface area contributed by atoms with Gasteiger partial charge in [0.1, 0.15) is 5.75 Å². The molecule has 0 unspecified atom stereocenters. The summed E-state index contributed by atoms with van der Waals surface area (Å²) in [5.74, 6) is -0.536. The molecule has 16 heavy (non-hydrogen) atoms. The highest BCUT2D eigenvalue weighted by atomic mass is 35.5. The molecule has 4 nitrogen and oxygen atoms in total. The van der Waals surface area contributed by atoms with E-state index in [0.717, 1.165) is 0 Å². The van der Waals surface area contributed by atoms with Gasteiger partial charge in [0.25, 0.3) is 5.91 Å². The van der Waals surface area contributed by atoms with Gasteiger partial charge in [-0.25, -0.2) is 0 Å². The van der Waals surface area contributed by atoms with Crippen molar-refractivity contribution in [3.8, 4) is 5.75 Å². The molecule has 0 bridgehead atoms. The lowest BCUT2D eigenvalue weighted by molar-refractivity contribution is 0.0952. The van der Waals surface area contributed by atoms with Crippen LogP contribution < -0.4 is 11.1 Å². The van der Waals surface area contributed by atoms with Gasteiger partial charge in [0, 0.05) is 18.0 Å². The van der Waals surface area contributed by atoms with Crippen LogP contribution in [0.2, 0.25) is 5.02 Å². The van der Waals surface area contributed by atoms with Crippen LogP contribution in [-0.4, -0.2) is 22.5 Å². The molecule has 6 heteroatoms. The Morgan fingerprint density at radius 3 is 2.81 bits per heavy atom. The Morgan fingerprint density at radius 1 is 1.56 bits per heavy atom. The van der Waals surface area contributed by atoms with Crippen molar-refractivity contribution in [3.63, 3.8) is 0 Å². The lowest BCUT2D eigenvalue weighted by atomic mass is 10.2. The van der Waals surface area contributed by atoms with E-state index in [9.17, 15) is 9.90 Å². The van der Waals surface area contributed by atoms with Gasteiger partial charge in [-0.2, -0.15) is 0 Å². The van der Waals surface area contributed by atoms with Gasteiger partial charge in [0.05, 0.1) is 10.6 Å². The molecule has 0 aliphatic heterocycles. The van der Waals surface area contributed by atoms with Crippen molar-refractivity contribution in [2.24, 2.45) is 5.73 Å². The number of rotatable bonds is 4. The van der Waals surface area contributed by atoms with E-state index < -0.39 is 0 Å². The molecule has 0 aromatic heterocycles. The van der Waals surface area contributed by atoms with E-state index >= 15 is 0 Å². The zero-order chi connectivity index (χ0) is 12.1. The normalized spacial score (nSPS) is 9.81. The first-order valence-corrected chi connectivity index (χ1v) is 5.34. The van der Waals surface area contributed by atoms with Gasteiger partial charge >= 0.3 is 0 Å². The van der Waals surface area contributed by atoms with E-state index in [2.05, 4.69) is 17.5 Å². The van der Waals surface area contributed by atoms with Crippen molar-refractivity contribution in [1.29, 1.82) is 0 Å². The molecular weight excluding hydrogens is 248 g/mol. The van der Waals surface area contributed by atoms with Crippen LogP contribution in [-0.2, 0) is 0 Å². The van der Waals surface area contributed by atoms with Crippen LogP contribution in [0.15, 0.2) is 18.2 Å². The minimum absolute atomic E-state index is 0.152. The highest BCUT2D eigenvalue weighted by Crippen LogP contribution is 2.21. The molecular formula is C10H11ClN2O2S. The van der Waals surface area contributed by atoms with Crippen LogP contribution in [0.5, 0.6) is 5.75 Å². The number of carbonyl (C=O) groups is 1. The molecule has 1 aromatic rings. The maximum Gasteiger partial charge on any atom is 0.255 e. The fraction of sp³-hybridized carbons (Fsp3) is 0.200. The minimum Gasteiger partial charge on any atom is -0.507 e. The number of nitrogens with two attached hydrogens (primary N) is 1. The van der Waals surface area contributed by atoms with Crippen molar-refractivity contribution in [2.75, 3.05) is 6.54 Å². The van der Waals surface area contributed by atoms with Gasteiger partial charge in [0.2, 0.25) is 0 Å². The lowest BCUT2D eigenvalue weighted by Gasteiger charge is -2.06. The third-order valence-corrected chi connectivity index (χ3v) is 2.30. The Balaban J connectivity index is 2.63. The largest absolute Gasteiger partial charge is 0.507 e. The number of thiocarbonyl (C=S) groups is 1. The Kier molecular flexibility index (Phi) is 4.52. The number of halogens is 1. The van der Waals surface area contributed by atoms with E-state index in [4.69, 9.17) is 17.3 Å². The molecule has 0 radical (unpaired) electrons. The molecule has 0 fully saturated rings. The molecule has 4 N–H and O–H groups in total. The average molecular weight is 259 g/mol. The summed E-state index contributed by atoms with van der Waals surface area (Å²) in [6.45, 7) is 0.343. The average Bonchev–Trinajstić information content (AvgIpc) is 2.16. The number of phenols is 1. The first-order chi connectivity index (χ1) is 7.50. The molecule has 1 rings (SSSR count). The number of aromatic hydroxyl groups is 1. The molecule has 0 heterocycles. The number of amides is 1. The Bertz CT molecular complexity index is 423. The maximum absolute atomic E-state index is 11.6. The fourth-order valence-electron chi connectivity index (χ4n) is 1.09. The Labute approximate surface area is 103 Å². The number of phenolic OH excluding ortho intramolecular Hbond substituents is 1. The second-order valence-corrected chi connectivity index (χ2v) is 4.09. The molecule has 0 atom stereocenters. The summed E-state index contributed by atoms with van der Waals surface area (Å²) < 4.78 is 0. The van der Waals surface area contributed by atoms with Crippen LogP contribution in [0.25, 0.3) is 0 Å². The monoisotopic (exact) mass is 258 g/mol. The minimum atomic E-state index is -0.384. The van der Waals surface area contributed by atoms with Crippen LogP contribution >= 0.6 is 23.8 Å². The quantitative estimate of drug-likeness (QED) is 0.715. The SMILES string of the molecule is NC(=S)CCNC(=O)c1ccc(Cl)cc1O. The number of carbonyl (C=O) groups excluding carboxylic acids is 1. The summed E-state index contributed by atoms with van der Waals surface area (Å²) in [4.78, 5) is 11.9. The van der Waals surface area contributed by atoms with Gasteiger partial charge in [0.15, 0.2) is 0 Å². The van der Waals surface area contributed by atoms with E-state index in [1.165, 1.54) is 18.2 Å². The summed E-state index contributed by atoms with van der Waals surface area (Å²) in [7, 11) is 0. The van der Waals surface area contributed by atoms with Gasteiger partial charge in [-0.05, 0) is 18.2 Å². The predicted molar refractivity (Wildman–Crippen MR) is 66.9 cm³/mol. The third-order valence-electron chi connectivity index (χ3n) is 1.86. The zero-order valence-electron chi connectivity index (χ0n) is 8.37. The molecule has 0 aliphatic carbocycles. The fourth-order valence-corrected chi connectivity index (χ4v) is 1.36. The summed E-state index contributed by atoms with van der Waals surface area (Å²) in [6, 6.07) is 4.29. The van der Waals surface area contributed by atoms with Crippen LogP contribution in [0.1, 0.15) is 16.8 Å². The van der Waals surface area contributed by atoms with Gasteiger partial charge in [-0.3, -0.25) is 4.79 Å². The van der Waals surface area contributed by atoms with Crippen molar-refractivity contribution >= 4 is 34.7 Å². The van der Waals surface area contributed by atoms with Crippen LogP contribution in [0.4, 0.5) is 0 Å². The van der Waals surface area contributed by atoms with E-state index in [1.807, 2.05) is 0 Å². The Morgan fingerprint density at radius 2 is 2.25 bits per heavy atom. The molecule has 0 saturated carbocycles. The second kappa shape index (κ2) is 5.67. The number of benzene rings is 1. The first kappa shape index (κ1) is 12.7. The summed E-state index contributed by atoms with van der Waals surface area (Å²) in [5.41, 5.74) is 5.45. The smallest absolute Gasteiger partial charge is 0.255 e. The molecule has 0 saturated heterocycles. The van der Waals surface area contributed by atoms with Crippen LogP contribution in [0, 0.1) is 0 Å². The predicted octanol–water partition coefficient (Wildman–Crippen LogP) is 1.45. The van der Waals surface area contributed by atoms with Gasteiger partial charge in [-0.1, -0.05) is 23.8 Å². The van der Waals surface area contributed by atoms with E-state index in [-0.39, 0.29) is 17.2 Å². The number of hydrogen-bond acceptors (Lipinski definition) is 3. The van der Waals surface area contributed by atoms with Crippen LogP contribution in [0.3, 0.4) is 0 Å². The van der Waals surface area contributed by atoms with E-state index in [1.54, 1.807) is 0 Å². The highest BCUT2D eigenvalue weighted by molar-refractivity contribution is 7.80. The second-order valence-electron chi connectivity index (χ2n) is 3.13. The van der Waals surface area contributed by atoms with Crippen molar-refractivity contribution in [2.45, 2.75) is 6.42 Å². The Hall–Kier alpha value is -1.33. The van der Waals surface area contributed by atoms with Crippen molar-refractivity contribution < 1.29 is 9.90 Å². The van der Waals surface area contributed by atoms with Gasteiger partial charge < -0.3 is 16.2 Å². The summed E-state index contributed by atoms with van der Waals surface area (Å²) in [5, 5.41) is 12.4. The molecule has 0 spiro atoms. The molecule has 86 valence electrons. The maximum atomic E-state index is 11.6. The third kappa shape index (κ3) is 3.67. The molecule has 1 aromatic carbocycles. The number of hydrogen-bond donors (Lipinski definition) is 3. The topological polar surface area (TPSA) is 75.3 Å². The lowest BCUT2D eigenvalue weighted by Crippen LogP contribution is -2.27. The highest BCUT2D eigenvalue weighted by Gasteiger charge is 2.10. The first-order valence-electron chi connectivity index (χ1n) is 4.55. The molecule has 1 amide bonds. The number of nitrogens with one attached hydrogen (secondary N) is 1. The van der Waals surface area contributed by atoms with E-state index in [0.29, 0.717) is 23.0 Å². The summed E-state index contributed by atoms with van der Waals surface area (Å²) in [6.07, 6.45) is 0.426.